The Morgan fingerprint density at radius 3 is 2.87 bits per heavy atom. The van der Waals surface area contributed by atoms with Gasteiger partial charge in [0.2, 0.25) is 0 Å². The van der Waals surface area contributed by atoms with Gasteiger partial charge in [0.15, 0.2) is 0 Å². The van der Waals surface area contributed by atoms with Crippen LogP contribution >= 0.6 is 0 Å². The van der Waals surface area contributed by atoms with Gasteiger partial charge < -0.3 is 14.5 Å². The lowest BCUT2D eigenvalue weighted by atomic mass is 9.85. The maximum Gasteiger partial charge on any atom is 0.391 e. The molecule has 0 spiro atoms. The molecule has 8 heteroatoms. The minimum atomic E-state index is -4.21. The van der Waals surface area contributed by atoms with Gasteiger partial charge in [0.05, 0.1) is 11.6 Å². The first-order valence-electron chi connectivity index (χ1n) is 9.91. The van der Waals surface area contributed by atoms with Crippen LogP contribution in [0.15, 0.2) is 54.9 Å². The summed E-state index contributed by atoms with van der Waals surface area (Å²) in [6, 6.07) is 11.9. The number of benzene rings is 1. The van der Waals surface area contributed by atoms with Crippen LogP contribution in [0.1, 0.15) is 41.7 Å². The van der Waals surface area contributed by atoms with Gasteiger partial charge in [-0.2, -0.15) is 13.2 Å². The molecule has 0 aliphatic heterocycles. The Balaban J connectivity index is 1.37. The number of alkyl halides is 3. The van der Waals surface area contributed by atoms with E-state index in [-0.39, 0.29) is 25.4 Å². The zero-order valence-corrected chi connectivity index (χ0v) is 16.2. The smallest absolute Gasteiger partial charge is 0.391 e. The number of ether oxygens (including phenoxy) is 1. The van der Waals surface area contributed by atoms with Gasteiger partial charge in [-0.15, -0.1) is 0 Å². The number of nitrogens with one attached hydrogen (secondary N) is 1. The molecule has 3 aromatic rings. The Bertz CT molecular complexity index is 999. The summed E-state index contributed by atoms with van der Waals surface area (Å²) in [6.45, 7) is 0.239. The molecule has 30 heavy (non-hydrogen) atoms. The van der Waals surface area contributed by atoms with Gasteiger partial charge in [-0.1, -0.05) is 18.6 Å². The molecule has 1 amide bonds. The Kier molecular flexibility index (Phi) is 5.65. The number of amides is 1. The van der Waals surface area contributed by atoms with Crippen molar-refractivity contribution in [3.8, 4) is 5.75 Å². The predicted octanol–water partition coefficient (Wildman–Crippen LogP) is 4.76. The Morgan fingerprint density at radius 2 is 2.07 bits per heavy atom. The molecule has 0 saturated heterocycles. The predicted molar refractivity (Wildman–Crippen MR) is 105 cm³/mol. The Morgan fingerprint density at radius 1 is 1.20 bits per heavy atom. The number of imidazole rings is 1. The van der Waals surface area contributed by atoms with E-state index in [4.69, 9.17) is 4.74 Å². The SMILES string of the molecule is O=C(NC1CCCC(C(F)(F)F)C1)c1cccc(OCc2cn3ccccc3n2)c1. The van der Waals surface area contributed by atoms with Crippen molar-refractivity contribution in [2.45, 2.75) is 44.5 Å². The highest BCUT2D eigenvalue weighted by Gasteiger charge is 2.42. The number of halogens is 3. The van der Waals surface area contributed by atoms with Crippen molar-refractivity contribution in [3.05, 3.63) is 66.1 Å². The van der Waals surface area contributed by atoms with Gasteiger partial charge >= 0.3 is 6.18 Å². The second kappa shape index (κ2) is 8.38. The number of carbonyl (C=O) groups excluding carboxylic acids is 1. The first kappa shape index (κ1) is 20.3. The van der Waals surface area contributed by atoms with Crippen molar-refractivity contribution < 1.29 is 22.7 Å². The van der Waals surface area contributed by atoms with Crippen LogP contribution < -0.4 is 10.1 Å². The fraction of sp³-hybridized carbons (Fsp3) is 0.364. The highest BCUT2D eigenvalue weighted by molar-refractivity contribution is 5.94. The molecule has 2 atom stereocenters. The van der Waals surface area contributed by atoms with Gasteiger partial charge in [-0.25, -0.2) is 4.98 Å². The van der Waals surface area contributed by atoms with Crippen LogP contribution in [0.5, 0.6) is 5.75 Å². The summed E-state index contributed by atoms with van der Waals surface area (Å²) in [6.07, 6.45) is 0.619. The molecular formula is C22H22F3N3O2. The van der Waals surface area contributed by atoms with Gasteiger partial charge in [0, 0.05) is 24.0 Å². The Labute approximate surface area is 171 Å². The highest BCUT2D eigenvalue weighted by Crippen LogP contribution is 2.37. The molecule has 1 N–H and O–H groups in total. The van der Waals surface area contributed by atoms with E-state index in [9.17, 15) is 18.0 Å². The van der Waals surface area contributed by atoms with Crippen LogP contribution in [0.25, 0.3) is 5.65 Å². The van der Waals surface area contributed by atoms with E-state index in [1.807, 2.05) is 35.0 Å². The van der Waals surface area contributed by atoms with Crippen LogP contribution in [-0.4, -0.2) is 27.5 Å². The molecule has 1 aliphatic carbocycles. The van der Waals surface area contributed by atoms with E-state index >= 15 is 0 Å². The molecule has 5 nitrogen and oxygen atoms in total. The largest absolute Gasteiger partial charge is 0.487 e. The van der Waals surface area contributed by atoms with Gasteiger partial charge in [0.1, 0.15) is 18.0 Å². The normalized spacial score (nSPS) is 19.6. The molecule has 2 aromatic heterocycles. The molecule has 4 rings (SSSR count). The molecule has 1 saturated carbocycles. The summed E-state index contributed by atoms with van der Waals surface area (Å²) in [4.78, 5) is 17.0. The third-order valence-electron chi connectivity index (χ3n) is 5.37. The number of fused-ring (bicyclic) bond motifs is 1. The molecule has 1 fully saturated rings. The number of aromatic nitrogens is 2. The minimum absolute atomic E-state index is 0.0701. The van der Waals surface area contributed by atoms with Crippen molar-refractivity contribution in [2.75, 3.05) is 0 Å². The molecule has 2 heterocycles. The lowest BCUT2D eigenvalue weighted by Gasteiger charge is -2.31. The standard InChI is InChI=1S/C22H22F3N3O2/c23-22(24,25)16-6-4-7-17(12-16)27-21(29)15-5-3-8-19(11-15)30-14-18-13-28-10-2-1-9-20(28)26-18/h1-3,5,8-11,13,16-17H,4,6-7,12,14H2,(H,27,29). The first-order valence-corrected chi connectivity index (χ1v) is 9.91. The zero-order valence-electron chi connectivity index (χ0n) is 16.2. The summed E-state index contributed by atoms with van der Waals surface area (Å²) >= 11 is 0. The summed E-state index contributed by atoms with van der Waals surface area (Å²) in [5.74, 6) is -1.24. The fourth-order valence-electron chi connectivity index (χ4n) is 3.83. The summed E-state index contributed by atoms with van der Waals surface area (Å²) in [7, 11) is 0. The summed E-state index contributed by atoms with van der Waals surface area (Å²) in [5.41, 5.74) is 1.92. The number of hydrogen-bond donors (Lipinski definition) is 1. The second-order valence-electron chi connectivity index (χ2n) is 7.59. The number of carbonyl (C=O) groups is 1. The molecule has 0 bridgehead atoms. The minimum Gasteiger partial charge on any atom is -0.487 e. The van der Waals surface area contributed by atoms with Crippen LogP contribution in [0.4, 0.5) is 13.2 Å². The lowest BCUT2D eigenvalue weighted by molar-refractivity contribution is -0.183. The fourth-order valence-corrected chi connectivity index (χ4v) is 3.83. The Hall–Kier alpha value is -3.03. The summed E-state index contributed by atoms with van der Waals surface area (Å²) in [5, 5.41) is 2.75. The average Bonchev–Trinajstić information content (AvgIpc) is 3.15. The monoisotopic (exact) mass is 417 g/mol. The third-order valence-corrected chi connectivity index (χ3v) is 5.37. The lowest BCUT2D eigenvalue weighted by Crippen LogP contribution is -2.41. The molecule has 0 radical (unpaired) electrons. The maximum absolute atomic E-state index is 13.0. The molecule has 1 aromatic carbocycles. The average molecular weight is 417 g/mol. The maximum atomic E-state index is 13.0. The topological polar surface area (TPSA) is 55.6 Å². The van der Waals surface area contributed by atoms with E-state index in [1.165, 1.54) is 0 Å². The van der Waals surface area contributed by atoms with E-state index in [2.05, 4.69) is 10.3 Å². The van der Waals surface area contributed by atoms with Crippen molar-refractivity contribution in [1.82, 2.24) is 14.7 Å². The van der Waals surface area contributed by atoms with Crippen molar-refractivity contribution >= 4 is 11.6 Å². The van der Waals surface area contributed by atoms with Crippen LogP contribution in [-0.2, 0) is 6.61 Å². The second-order valence-corrected chi connectivity index (χ2v) is 7.59. The number of pyridine rings is 1. The molecule has 158 valence electrons. The van der Waals surface area contributed by atoms with Crippen molar-refractivity contribution in [2.24, 2.45) is 5.92 Å². The van der Waals surface area contributed by atoms with Crippen LogP contribution in [0.3, 0.4) is 0 Å². The first-order chi connectivity index (χ1) is 14.4. The number of hydrogen-bond acceptors (Lipinski definition) is 3. The molecule has 1 aliphatic rings. The van der Waals surface area contributed by atoms with Crippen LogP contribution in [0, 0.1) is 5.92 Å². The van der Waals surface area contributed by atoms with E-state index in [0.29, 0.717) is 24.2 Å². The molecular weight excluding hydrogens is 395 g/mol. The number of nitrogens with zero attached hydrogens (tertiary/aromatic N) is 2. The van der Waals surface area contributed by atoms with Gasteiger partial charge in [0.25, 0.3) is 5.91 Å². The van der Waals surface area contributed by atoms with E-state index in [1.54, 1.807) is 24.3 Å². The summed E-state index contributed by atoms with van der Waals surface area (Å²) < 4.78 is 46.6. The van der Waals surface area contributed by atoms with Crippen LogP contribution in [0.2, 0.25) is 0 Å². The van der Waals surface area contributed by atoms with Crippen molar-refractivity contribution in [1.29, 1.82) is 0 Å². The van der Waals surface area contributed by atoms with E-state index < -0.39 is 18.1 Å². The third kappa shape index (κ3) is 4.75. The number of rotatable bonds is 5. The van der Waals surface area contributed by atoms with Gasteiger partial charge in [-0.3, -0.25) is 4.79 Å². The van der Waals surface area contributed by atoms with E-state index in [0.717, 1.165) is 11.3 Å². The van der Waals surface area contributed by atoms with Gasteiger partial charge in [-0.05, 0) is 49.6 Å². The molecule has 2 unspecified atom stereocenters. The van der Waals surface area contributed by atoms with Crippen molar-refractivity contribution in [3.63, 3.8) is 0 Å². The highest BCUT2D eigenvalue weighted by atomic mass is 19.4. The quantitative estimate of drug-likeness (QED) is 0.651. The zero-order chi connectivity index (χ0) is 21.1.